The summed E-state index contributed by atoms with van der Waals surface area (Å²) in [5.74, 6) is 0.249. The van der Waals surface area contributed by atoms with E-state index in [1.54, 1.807) is 19.1 Å². The second-order valence-corrected chi connectivity index (χ2v) is 8.95. The Morgan fingerprint density at radius 2 is 1.81 bits per heavy atom. The summed E-state index contributed by atoms with van der Waals surface area (Å²) in [7, 11) is 0. The molecule has 0 spiro atoms. The summed E-state index contributed by atoms with van der Waals surface area (Å²) in [6, 6.07) is 7.66. The zero-order valence-electron chi connectivity index (χ0n) is 19.0. The third-order valence-corrected chi connectivity index (χ3v) is 6.97. The Labute approximate surface area is 187 Å². The van der Waals surface area contributed by atoms with E-state index in [4.69, 9.17) is 4.74 Å². The van der Waals surface area contributed by atoms with E-state index in [-0.39, 0.29) is 17.6 Å². The molecule has 2 aliphatic heterocycles. The first kappa shape index (κ1) is 22.9. The molecule has 1 aromatic carbocycles. The lowest BCUT2D eigenvalue weighted by Crippen LogP contribution is -2.54. The van der Waals surface area contributed by atoms with Crippen LogP contribution in [0.3, 0.4) is 0 Å². The van der Waals surface area contributed by atoms with E-state index in [2.05, 4.69) is 9.88 Å². The molecule has 0 radical (unpaired) electrons. The number of nitrogens with zero attached hydrogens (tertiary/aromatic N) is 4. The summed E-state index contributed by atoms with van der Waals surface area (Å²) in [6.45, 7) is 5.61. The number of aryl methyl sites for hydroxylation is 1. The molecule has 4 rings (SSSR count). The molecular weight excluding hydrogens is 411 g/mol. The molecule has 2 saturated heterocycles. The van der Waals surface area contributed by atoms with Gasteiger partial charge in [-0.15, -0.1) is 0 Å². The van der Waals surface area contributed by atoms with E-state index >= 15 is 0 Å². The molecule has 2 aliphatic rings. The highest BCUT2D eigenvalue weighted by atomic mass is 19.1. The minimum Gasteiger partial charge on any atom is -0.373 e. The lowest BCUT2D eigenvalue weighted by Gasteiger charge is -2.48. The van der Waals surface area contributed by atoms with Crippen molar-refractivity contribution in [3.63, 3.8) is 0 Å². The van der Waals surface area contributed by atoms with Crippen LogP contribution in [0.2, 0.25) is 0 Å². The molecule has 174 valence electrons. The zero-order chi connectivity index (χ0) is 22.7. The van der Waals surface area contributed by atoms with E-state index in [0.29, 0.717) is 43.2 Å². The third-order valence-electron chi connectivity index (χ3n) is 6.97. The van der Waals surface area contributed by atoms with Gasteiger partial charge in [-0.2, -0.15) is 4.98 Å². The van der Waals surface area contributed by atoms with E-state index in [9.17, 15) is 14.0 Å². The number of piperidine rings is 2. The second-order valence-electron chi connectivity index (χ2n) is 8.95. The maximum atomic E-state index is 13.9. The van der Waals surface area contributed by atoms with Gasteiger partial charge < -0.3 is 4.74 Å². The summed E-state index contributed by atoms with van der Waals surface area (Å²) >= 11 is 0. The van der Waals surface area contributed by atoms with Gasteiger partial charge in [-0.05, 0) is 52.0 Å². The van der Waals surface area contributed by atoms with Crippen molar-refractivity contribution in [2.75, 3.05) is 6.54 Å². The number of halogens is 1. The van der Waals surface area contributed by atoms with Gasteiger partial charge >= 0.3 is 11.4 Å². The fourth-order valence-corrected chi connectivity index (χ4v) is 5.34. The Hall–Kier alpha value is -2.32. The third kappa shape index (κ3) is 4.86. The molecule has 2 unspecified atom stereocenters. The fraction of sp³-hybridized carbons (Fsp3) is 0.625. The maximum absolute atomic E-state index is 13.9. The van der Waals surface area contributed by atoms with Crippen LogP contribution in [0, 0.1) is 12.7 Å². The van der Waals surface area contributed by atoms with Gasteiger partial charge in [-0.3, -0.25) is 9.47 Å². The minimum absolute atomic E-state index is 0.141. The maximum Gasteiger partial charge on any atom is 0.353 e. The number of rotatable bonds is 8. The molecule has 2 bridgehead atoms. The number of fused-ring (bicyclic) bond motifs is 2. The summed E-state index contributed by atoms with van der Waals surface area (Å²) in [5, 5.41) is 0. The van der Waals surface area contributed by atoms with E-state index < -0.39 is 5.69 Å². The van der Waals surface area contributed by atoms with Crippen molar-refractivity contribution in [2.24, 2.45) is 0 Å². The average molecular weight is 445 g/mol. The van der Waals surface area contributed by atoms with Crippen molar-refractivity contribution < 1.29 is 9.13 Å². The highest BCUT2D eigenvalue weighted by Crippen LogP contribution is 2.35. The van der Waals surface area contributed by atoms with Gasteiger partial charge in [-0.25, -0.2) is 18.5 Å². The van der Waals surface area contributed by atoms with Gasteiger partial charge in [0.1, 0.15) is 11.6 Å². The summed E-state index contributed by atoms with van der Waals surface area (Å²) in [5.41, 5.74) is -0.127. The molecule has 0 saturated carbocycles. The SMILES string of the molecule is CCn1c(C)nc(=O)n(CCCN2C3CCCC2CC(OCc2ccccc2F)C3)c1=O. The van der Waals surface area contributed by atoms with Crippen molar-refractivity contribution >= 4 is 0 Å². The highest BCUT2D eigenvalue weighted by Gasteiger charge is 2.38. The number of benzene rings is 1. The number of aromatic nitrogens is 3. The Balaban J connectivity index is 1.35. The Bertz CT molecular complexity index is 1040. The first-order valence-electron chi connectivity index (χ1n) is 11.8. The first-order valence-corrected chi connectivity index (χ1v) is 11.8. The van der Waals surface area contributed by atoms with Crippen LogP contribution in [0.25, 0.3) is 0 Å². The van der Waals surface area contributed by atoms with Gasteiger partial charge in [0, 0.05) is 37.3 Å². The standard InChI is InChI=1S/C24H33FN4O3/c1-3-27-17(2)26-23(30)29(24(27)31)13-7-12-28-19-9-6-10-20(28)15-21(14-19)32-16-18-8-4-5-11-22(18)25/h4-5,8,11,19-21H,3,6-7,9-10,12-16H2,1-2H3. The van der Waals surface area contributed by atoms with Gasteiger partial charge in [0.2, 0.25) is 0 Å². The summed E-state index contributed by atoms with van der Waals surface area (Å²) < 4.78 is 22.8. The minimum atomic E-state index is -0.461. The van der Waals surface area contributed by atoms with Crippen LogP contribution in [-0.2, 0) is 24.4 Å². The van der Waals surface area contributed by atoms with Gasteiger partial charge in [-0.1, -0.05) is 24.6 Å². The van der Waals surface area contributed by atoms with E-state index in [0.717, 1.165) is 38.6 Å². The van der Waals surface area contributed by atoms with Gasteiger partial charge in [0.05, 0.1) is 12.7 Å². The summed E-state index contributed by atoms with van der Waals surface area (Å²) in [4.78, 5) is 31.4. The molecule has 32 heavy (non-hydrogen) atoms. The Morgan fingerprint density at radius 3 is 2.50 bits per heavy atom. The molecule has 7 nitrogen and oxygen atoms in total. The van der Waals surface area contributed by atoms with Crippen molar-refractivity contribution in [1.82, 2.24) is 19.0 Å². The van der Waals surface area contributed by atoms with Crippen molar-refractivity contribution in [2.45, 2.75) is 90.3 Å². The lowest BCUT2D eigenvalue weighted by molar-refractivity contribution is -0.0671. The number of hydrogen-bond acceptors (Lipinski definition) is 5. The Kier molecular flexibility index (Phi) is 7.20. The van der Waals surface area contributed by atoms with Gasteiger partial charge in [0.15, 0.2) is 0 Å². The molecule has 2 atom stereocenters. The largest absolute Gasteiger partial charge is 0.373 e. The molecule has 2 aromatic rings. The fourth-order valence-electron chi connectivity index (χ4n) is 5.34. The predicted molar refractivity (Wildman–Crippen MR) is 120 cm³/mol. The predicted octanol–water partition coefficient (Wildman–Crippen LogP) is 2.86. The van der Waals surface area contributed by atoms with Gasteiger partial charge in [0.25, 0.3) is 0 Å². The molecule has 2 fully saturated rings. The van der Waals surface area contributed by atoms with Crippen LogP contribution >= 0.6 is 0 Å². The number of hydrogen-bond donors (Lipinski definition) is 0. The lowest BCUT2D eigenvalue weighted by atomic mass is 9.82. The van der Waals surface area contributed by atoms with Crippen LogP contribution in [0.4, 0.5) is 4.39 Å². The average Bonchev–Trinajstić information content (AvgIpc) is 2.75. The normalized spacial score (nSPS) is 23.4. The first-order chi connectivity index (χ1) is 15.5. The van der Waals surface area contributed by atoms with E-state index in [1.807, 2.05) is 13.0 Å². The quantitative estimate of drug-likeness (QED) is 0.626. The van der Waals surface area contributed by atoms with Crippen LogP contribution < -0.4 is 11.4 Å². The highest BCUT2D eigenvalue weighted by molar-refractivity contribution is 5.16. The molecule has 3 heterocycles. The second kappa shape index (κ2) is 10.1. The van der Waals surface area contributed by atoms with Crippen molar-refractivity contribution in [3.8, 4) is 0 Å². The molecule has 0 amide bonds. The van der Waals surface area contributed by atoms with Crippen molar-refractivity contribution in [1.29, 1.82) is 0 Å². The van der Waals surface area contributed by atoms with Crippen LogP contribution in [0.1, 0.15) is 56.8 Å². The van der Waals surface area contributed by atoms with Crippen molar-refractivity contribution in [3.05, 3.63) is 62.4 Å². The molecule has 1 aromatic heterocycles. The zero-order valence-corrected chi connectivity index (χ0v) is 19.0. The van der Waals surface area contributed by atoms with Crippen LogP contribution in [0.5, 0.6) is 0 Å². The van der Waals surface area contributed by atoms with E-state index in [1.165, 1.54) is 21.6 Å². The topological polar surface area (TPSA) is 69.4 Å². The number of ether oxygens (including phenoxy) is 1. The van der Waals surface area contributed by atoms with Crippen LogP contribution in [0.15, 0.2) is 33.9 Å². The monoisotopic (exact) mass is 444 g/mol. The molecule has 0 aliphatic carbocycles. The smallest absolute Gasteiger partial charge is 0.353 e. The molecular formula is C24H33FN4O3. The van der Waals surface area contributed by atoms with Crippen LogP contribution in [-0.4, -0.2) is 43.8 Å². The summed E-state index contributed by atoms with van der Waals surface area (Å²) in [6.07, 6.45) is 6.24. The molecule has 0 N–H and O–H groups in total. The Morgan fingerprint density at radius 1 is 1.09 bits per heavy atom. The molecule has 8 heteroatoms.